The Labute approximate surface area is 143 Å². The van der Waals surface area contributed by atoms with Crippen LogP contribution in [0.4, 0.5) is 5.82 Å². The molecule has 0 fully saturated rings. The third-order valence-electron chi connectivity index (χ3n) is 4.14. The molecule has 23 heavy (non-hydrogen) atoms. The van der Waals surface area contributed by atoms with Crippen LogP contribution in [-0.4, -0.2) is 20.7 Å². The van der Waals surface area contributed by atoms with Gasteiger partial charge in [0.1, 0.15) is 10.6 Å². The van der Waals surface area contributed by atoms with Gasteiger partial charge in [0, 0.05) is 22.5 Å². The molecule has 118 valence electrons. The van der Waals surface area contributed by atoms with Gasteiger partial charge in [-0.05, 0) is 49.8 Å². The van der Waals surface area contributed by atoms with E-state index in [1.807, 2.05) is 24.4 Å². The number of anilines is 1. The molecule has 6 heteroatoms. The topological polar surface area (TPSA) is 64.7 Å². The van der Waals surface area contributed by atoms with E-state index in [0.29, 0.717) is 5.82 Å². The van der Waals surface area contributed by atoms with Crippen molar-refractivity contribution in [1.29, 1.82) is 0 Å². The molecule has 3 heterocycles. The number of nitrogens with zero attached hydrogens (tertiary/aromatic N) is 3. The molecule has 3 aromatic rings. The zero-order valence-electron chi connectivity index (χ0n) is 12.8. The van der Waals surface area contributed by atoms with E-state index >= 15 is 0 Å². The molecule has 1 aliphatic carbocycles. The highest BCUT2D eigenvalue weighted by Gasteiger charge is 2.20. The Bertz CT molecular complexity index is 829. The first-order valence-corrected chi connectivity index (χ1v) is 9.72. The Morgan fingerprint density at radius 3 is 2.96 bits per heavy atom. The van der Waals surface area contributed by atoms with Gasteiger partial charge in [0.25, 0.3) is 0 Å². The average Bonchev–Trinajstić information content (AvgIpc) is 2.94. The maximum Gasteiger partial charge on any atom is 0.190 e. The minimum atomic E-state index is 0.648. The minimum Gasteiger partial charge on any atom is -0.383 e. The molecule has 0 saturated heterocycles. The summed E-state index contributed by atoms with van der Waals surface area (Å²) < 4.78 is 0. The lowest BCUT2D eigenvalue weighted by atomic mass is 9.97. The van der Waals surface area contributed by atoms with E-state index in [-0.39, 0.29) is 0 Å². The Balaban J connectivity index is 1.54. The van der Waals surface area contributed by atoms with Crippen molar-refractivity contribution in [2.24, 2.45) is 0 Å². The van der Waals surface area contributed by atoms with E-state index in [0.717, 1.165) is 46.1 Å². The molecule has 0 atom stereocenters. The van der Waals surface area contributed by atoms with E-state index in [4.69, 9.17) is 10.7 Å². The predicted octanol–water partition coefficient (Wildman–Crippen LogP) is 3.88. The first-order chi connectivity index (χ1) is 11.3. The molecule has 4 rings (SSSR count). The maximum atomic E-state index is 6.24. The van der Waals surface area contributed by atoms with Crippen LogP contribution in [0.5, 0.6) is 0 Å². The number of pyridine rings is 1. The van der Waals surface area contributed by atoms with Crippen molar-refractivity contribution in [3.8, 4) is 0 Å². The zero-order chi connectivity index (χ0) is 15.6. The van der Waals surface area contributed by atoms with Crippen molar-refractivity contribution >= 4 is 39.1 Å². The molecule has 0 radical (unpaired) electrons. The van der Waals surface area contributed by atoms with Crippen LogP contribution in [0.1, 0.15) is 29.0 Å². The first kappa shape index (κ1) is 14.9. The lowest BCUT2D eigenvalue weighted by molar-refractivity contribution is 0.700. The smallest absolute Gasteiger partial charge is 0.190 e. The molecule has 3 aromatic heterocycles. The van der Waals surface area contributed by atoms with Crippen LogP contribution in [0, 0.1) is 0 Å². The molecule has 0 saturated carbocycles. The van der Waals surface area contributed by atoms with Crippen LogP contribution in [0.15, 0.2) is 29.6 Å². The fourth-order valence-corrected chi connectivity index (χ4v) is 5.16. The van der Waals surface area contributed by atoms with Crippen LogP contribution in [0.3, 0.4) is 0 Å². The summed E-state index contributed by atoms with van der Waals surface area (Å²) in [5.41, 5.74) is 8.74. The van der Waals surface area contributed by atoms with Gasteiger partial charge in [-0.25, -0.2) is 9.97 Å². The van der Waals surface area contributed by atoms with Crippen LogP contribution in [-0.2, 0) is 19.3 Å². The van der Waals surface area contributed by atoms with Crippen molar-refractivity contribution in [2.45, 2.75) is 37.3 Å². The Kier molecular flexibility index (Phi) is 4.18. The summed E-state index contributed by atoms with van der Waals surface area (Å²) in [5, 5.41) is 1.89. The van der Waals surface area contributed by atoms with Gasteiger partial charge < -0.3 is 5.73 Å². The number of thiophene rings is 1. The second kappa shape index (κ2) is 6.45. The van der Waals surface area contributed by atoms with E-state index in [9.17, 15) is 0 Å². The molecule has 2 N–H and O–H groups in total. The Morgan fingerprint density at radius 1 is 1.17 bits per heavy atom. The Hall–Kier alpha value is -1.66. The average molecular weight is 342 g/mol. The zero-order valence-corrected chi connectivity index (χ0v) is 14.4. The normalized spacial score (nSPS) is 14.1. The van der Waals surface area contributed by atoms with E-state index < -0.39 is 0 Å². The van der Waals surface area contributed by atoms with Gasteiger partial charge >= 0.3 is 0 Å². The number of hydrogen-bond acceptors (Lipinski definition) is 6. The Morgan fingerprint density at radius 2 is 2.09 bits per heavy atom. The number of nitrogens with two attached hydrogens (primary N) is 1. The fraction of sp³-hybridized carbons (Fsp3) is 0.353. The molecular weight excluding hydrogens is 324 g/mol. The molecule has 4 nitrogen and oxygen atoms in total. The van der Waals surface area contributed by atoms with Gasteiger partial charge in [0.15, 0.2) is 5.16 Å². The fourth-order valence-electron chi connectivity index (χ4n) is 3.02. The molecule has 0 unspecified atom stereocenters. The highest BCUT2D eigenvalue weighted by Crippen LogP contribution is 2.38. The van der Waals surface area contributed by atoms with Crippen LogP contribution in [0.25, 0.3) is 10.2 Å². The van der Waals surface area contributed by atoms with Gasteiger partial charge in [-0.3, -0.25) is 4.98 Å². The number of nitrogen functional groups attached to an aromatic ring is 1. The molecule has 1 aliphatic rings. The lowest BCUT2D eigenvalue weighted by Gasteiger charge is -2.10. The molecule has 0 bridgehead atoms. The van der Waals surface area contributed by atoms with Crippen LogP contribution >= 0.6 is 23.1 Å². The van der Waals surface area contributed by atoms with E-state index in [1.54, 1.807) is 23.1 Å². The van der Waals surface area contributed by atoms with Crippen LogP contribution < -0.4 is 5.73 Å². The monoisotopic (exact) mass is 342 g/mol. The van der Waals surface area contributed by atoms with Crippen molar-refractivity contribution < 1.29 is 0 Å². The number of aromatic nitrogens is 3. The quantitative estimate of drug-likeness (QED) is 0.576. The van der Waals surface area contributed by atoms with Gasteiger partial charge in [-0.15, -0.1) is 11.3 Å². The van der Waals surface area contributed by atoms with Gasteiger partial charge in [-0.2, -0.15) is 0 Å². The summed E-state index contributed by atoms with van der Waals surface area (Å²) in [6, 6.07) is 6.00. The van der Waals surface area contributed by atoms with Gasteiger partial charge in [0.05, 0.1) is 5.39 Å². The third-order valence-corrected chi connectivity index (χ3v) is 6.17. The molecule has 0 amide bonds. The molecule has 0 spiro atoms. The number of thioether (sulfide) groups is 1. The molecular formula is C17H18N4S2. The second-order valence-corrected chi connectivity index (χ2v) is 7.85. The maximum absolute atomic E-state index is 6.24. The van der Waals surface area contributed by atoms with E-state index in [1.165, 1.54) is 23.3 Å². The van der Waals surface area contributed by atoms with Gasteiger partial charge in [0.2, 0.25) is 0 Å². The van der Waals surface area contributed by atoms with Crippen molar-refractivity contribution in [3.63, 3.8) is 0 Å². The standard InChI is InChI=1S/C17H18N4S2/c18-15-14-12-6-1-2-7-13(12)23-16(14)21-17(20-15)22-10-8-11-5-3-4-9-19-11/h3-5,9H,1-2,6-8,10H2,(H2,18,20,21). The lowest BCUT2D eigenvalue weighted by Crippen LogP contribution is -2.01. The van der Waals surface area contributed by atoms with Crippen molar-refractivity contribution in [2.75, 3.05) is 11.5 Å². The van der Waals surface area contributed by atoms with Gasteiger partial charge in [-0.1, -0.05) is 17.8 Å². The van der Waals surface area contributed by atoms with Crippen molar-refractivity contribution in [1.82, 2.24) is 15.0 Å². The highest BCUT2D eigenvalue weighted by atomic mass is 32.2. The van der Waals surface area contributed by atoms with Crippen LogP contribution in [0.2, 0.25) is 0 Å². The SMILES string of the molecule is Nc1nc(SCCc2ccccn2)nc2sc3c(c12)CCCC3. The third kappa shape index (κ3) is 3.05. The van der Waals surface area contributed by atoms with Crippen molar-refractivity contribution in [3.05, 3.63) is 40.5 Å². The summed E-state index contributed by atoms with van der Waals surface area (Å²) in [7, 11) is 0. The second-order valence-electron chi connectivity index (χ2n) is 5.70. The predicted molar refractivity (Wildman–Crippen MR) is 97.1 cm³/mol. The largest absolute Gasteiger partial charge is 0.383 e. The number of rotatable bonds is 4. The molecule has 0 aliphatic heterocycles. The molecule has 0 aromatic carbocycles. The summed E-state index contributed by atoms with van der Waals surface area (Å²) in [6.45, 7) is 0. The summed E-state index contributed by atoms with van der Waals surface area (Å²) >= 11 is 3.46. The number of hydrogen-bond donors (Lipinski definition) is 1. The summed E-state index contributed by atoms with van der Waals surface area (Å²) in [5.74, 6) is 1.56. The minimum absolute atomic E-state index is 0.648. The number of aryl methyl sites for hydroxylation is 3. The highest BCUT2D eigenvalue weighted by molar-refractivity contribution is 7.99. The first-order valence-electron chi connectivity index (χ1n) is 7.92. The number of fused-ring (bicyclic) bond motifs is 3. The summed E-state index contributed by atoms with van der Waals surface area (Å²) in [4.78, 5) is 16.1. The van der Waals surface area contributed by atoms with E-state index in [2.05, 4.69) is 9.97 Å². The summed E-state index contributed by atoms with van der Waals surface area (Å²) in [6.07, 6.45) is 7.55.